The van der Waals surface area contributed by atoms with E-state index in [0.717, 1.165) is 23.3 Å². The Morgan fingerprint density at radius 3 is 1.65 bits per heavy atom. The Morgan fingerprint density at radius 1 is 0.769 bits per heavy atom. The highest BCUT2D eigenvalue weighted by atomic mass is 32.2. The third-order valence-corrected chi connectivity index (χ3v) is 5.61. The largest absolute Gasteiger partial charge is 0.326 e. The van der Waals surface area contributed by atoms with Crippen molar-refractivity contribution in [2.75, 3.05) is 5.32 Å². The first kappa shape index (κ1) is 17.8. The molecule has 0 saturated carbocycles. The van der Waals surface area contributed by atoms with Crippen LogP contribution in [0.2, 0.25) is 0 Å². The average Bonchev–Trinajstić information content (AvgIpc) is 2.62. The van der Waals surface area contributed by atoms with E-state index in [-0.39, 0.29) is 15.7 Å². The molecule has 0 aromatic heterocycles. The summed E-state index contributed by atoms with van der Waals surface area (Å²) in [5.74, 6) is -0.630. The molecule has 0 aliphatic heterocycles. The van der Waals surface area contributed by atoms with Crippen molar-refractivity contribution in [2.24, 2.45) is 0 Å². The van der Waals surface area contributed by atoms with Gasteiger partial charge in [0.15, 0.2) is 0 Å². The molecule has 1 N–H and O–H groups in total. The maximum atomic E-state index is 13.0. The molecule has 0 bridgehead atoms. The summed E-state index contributed by atoms with van der Waals surface area (Å²) in [6.07, 6.45) is 0. The highest BCUT2D eigenvalue weighted by Gasteiger charge is 2.17. The molecule has 3 aromatic rings. The Hall–Kier alpha value is -2.99. The Kier molecular flexibility index (Phi) is 4.86. The molecule has 0 heterocycles. The molecule has 132 valence electrons. The van der Waals surface area contributed by atoms with E-state index in [1.807, 2.05) is 12.1 Å². The van der Waals surface area contributed by atoms with Gasteiger partial charge >= 0.3 is 0 Å². The maximum absolute atomic E-state index is 13.0. The Balaban J connectivity index is 1.86. The van der Waals surface area contributed by atoms with Crippen molar-refractivity contribution in [2.45, 2.75) is 16.7 Å². The molecule has 0 spiro atoms. The second-order valence-corrected chi connectivity index (χ2v) is 7.69. The minimum absolute atomic E-state index is 0.0475. The molecule has 0 aliphatic carbocycles. The lowest BCUT2D eigenvalue weighted by molar-refractivity contribution is -0.114. The third kappa shape index (κ3) is 3.81. The van der Waals surface area contributed by atoms with Gasteiger partial charge in [0, 0.05) is 12.6 Å². The molecule has 0 radical (unpaired) electrons. The number of carbonyl (C=O) groups is 1. The van der Waals surface area contributed by atoms with Crippen LogP contribution in [0.1, 0.15) is 6.92 Å². The van der Waals surface area contributed by atoms with Crippen molar-refractivity contribution in [3.8, 4) is 11.1 Å². The molecule has 3 aromatic carbocycles. The first-order valence-corrected chi connectivity index (χ1v) is 9.33. The van der Waals surface area contributed by atoms with Crippen LogP contribution >= 0.6 is 0 Å². The SMILES string of the molecule is CC(=O)Nc1ccc(-c2ccc(S(=O)(=O)c3ccc(F)cc3)cc2)cc1. The van der Waals surface area contributed by atoms with Crippen LogP contribution in [0.25, 0.3) is 11.1 Å². The Bertz CT molecular complexity index is 1030. The van der Waals surface area contributed by atoms with Gasteiger partial charge in [0.2, 0.25) is 15.7 Å². The van der Waals surface area contributed by atoms with Crippen molar-refractivity contribution in [3.05, 3.63) is 78.6 Å². The quantitative estimate of drug-likeness (QED) is 0.698. The fourth-order valence-corrected chi connectivity index (χ4v) is 3.79. The minimum atomic E-state index is -3.69. The molecule has 0 saturated heterocycles. The fourth-order valence-electron chi connectivity index (χ4n) is 2.53. The van der Waals surface area contributed by atoms with Crippen LogP contribution in [0.15, 0.2) is 82.6 Å². The van der Waals surface area contributed by atoms with E-state index in [1.54, 1.807) is 24.3 Å². The van der Waals surface area contributed by atoms with E-state index < -0.39 is 15.7 Å². The first-order valence-electron chi connectivity index (χ1n) is 7.85. The lowest BCUT2D eigenvalue weighted by Crippen LogP contribution is -2.05. The van der Waals surface area contributed by atoms with E-state index >= 15 is 0 Å². The Morgan fingerprint density at radius 2 is 1.19 bits per heavy atom. The second-order valence-electron chi connectivity index (χ2n) is 5.74. The van der Waals surface area contributed by atoms with E-state index in [4.69, 9.17) is 0 Å². The van der Waals surface area contributed by atoms with Gasteiger partial charge in [-0.3, -0.25) is 4.79 Å². The van der Waals surface area contributed by atoms with Gasteiger partial charge in [-0.1, -0.05) is 24.3 Å². The summed E-state index contributed by atoms with van der Waals surface area (Å²) in [5, 5.41) is 2.69. The van der Waals surface area contributed by atoms with Crippen LogP contribution in [0.5, 0.6) is 0 Å². The molecule has 1 amide bonds. The standard InChI is InChI=1S/C20H16FNO3S/c1-14(23)22-18-8-2-15(3-9-18)16-4-10-19(11-5-16)26(24,25)20-12-6-17(21)7-13-20/h2-13H,1H3,(H,22,23). The van der Waals surface area contributed by atoms with E-state index in [0.29, 0.717) is 5.69 Å². The molecule has 26 heavy (non-hydrogen) atoms. The highest BCUT2D eigenvalue weighted by Crippen LogP contribution is 2.26. The van der Waals surface area contributed by atoms with Gasteiger partial charge in [0.05, 0.1) is 9.79 Å². The zero-order valence-corrected chi connectivity index (χ0v) is 14.8. The van der Waals surface area contributed by atoms with Gasteiger partial charge in [0.1, 0.15) is 5.82 Å². The number of hydrogen-bond donors (Lipinski definition) is 1. The average molecular weight is 369 g/mol. The lowest BCUT2D eigenvalue weighted by Gasteiger charge is -2.08. The van der Waals surface area contributed by atoms with Gasteiger partial charge < -0.3 is 5.32 Å². The summed E-state index contributed by atoms with van der Waals surface area (Å²) in [4.78, 5) is 11.2. The Labute approximate surface area is 151 Å². The van der Waals surface area contributed by atoms with Crippen LogP contribution in [0.4, 0.5) is 10.1 Å². The number of hydrogen-bond acceptors (Lipinski definition) is 3. The van der Waals surface area contributed by atoms with Crippen LogP contribution in [-0.2, 0) is 14.6 Å². The van der Waals surface area contributed by atoms with Gasteiger partial charge in [-0.25, -0.2) is 12.8 Å². The van der Waals surface area contributed by atoms with Crippen molar-refractivity contribution in [3.63, 3.8) is 0 Å². The predicted molar refractivity (Wildman–Crippen MR) is 98.0 cm³/mol. The number of carbonyl (C=O) groups excluding carboxylic acids is 1. The molecular weight excluding hydrogens is 353 g/mol. The molecule has 0 unspecified atom stereocenters. The zero-order valence-electron chi connectivity index (χ0n) is 13.9. The van der Waals surface area contributed by atoms with Crippen LogP contribution < -0.4 is 5.32 Å². The number of nitrogens with one attached hydrogen (secondary N) is 1. The van der Waals surface area contributed by atoms with Gasteiger partial charge in [-0.05, 0) is 59.7 Å². The van der Waals surface area contributed by atoms with Gasteiger partial charge in [-0.15, -0.1) is 0 Å². The van der Waals surface area contributed by atoms with Crippen molar-refractivity contribution < 1.29 is 17.6 Å². The number of amides is 1. The molecule has 6 heteroatoms. The normalized spacial score (nSPS) is 11.2. The summed E-state index contributed by atoms with van der Waals surface area (Å²) in [5.41, 5.74) is 2.43. The molecule has 0 atom stereocenters. The van der Waals surface area contributed by atoms with Crippen molar-refractivity contribution in [1.29, 1.82) is 0 Å². The number of rotatable bonds is 4. The van der Waals surface area contributed by atoms with Crippen LogP contribution in [0.3, 0.4) is 0 Å². The molecule has 0 aliphatic rings. The first-order chi connectivity index (χ1) is 12.4. The lowest BCUT2D eigenvalue weighted by atomic mass is 10.1. The fraction of sp³-hybridized carbons (Fsp3) is 0.0500. The molecule has 0 fully saturated rings. The van der Waals surface area contributed by atoms with Crippen LogP contribution in [-0.4, -0.2) is 14.3 Å². The van der Waals surface area contributed by atoms with E-state index in [9.17, 15) is 17.6 Å². The molecular formula is C20H16FNO3S. The smallest absolute Gasteiger partial charge is 0.221 e. The molecule has 3 rings (SSSR count). The summed E-state index contributed by atoms with van der Waals surface area (Å²) in [6.45, 7) is 1.44. The van der Waals surface area contributed by atoms with E-state index in [2.05, 4.69) is 5.32 Å². The number of anilines is 1. The summed E-state index contributed by atoms with van der Waals surface area (Å²) < 4.78 is 38.2. The minimum Gasteiger partial charge on any atom is -0.326 e. The number of benzene rings is 3. The van der Waals surface area contributed by atoms with Crippen LogP contribution in [0, 0.1) is 5.82 Å². The third-order valence-electron chi connectivity index (χ3n) is 3.83. The second kappa shape index (κ2) is 7.09. The number of sulfone groups is 1. The highest BCUT2D eigenvalue weighted by molar-refractivity contribution is 7.91. The topological polar surface area (TPSA) is 63.2 Å². The summed E-state index contributed by atoms with van der Waals surface area (Å²) in [7, 11) is -3.69. The predicted octanol–water partition coefficient (Wildman–Crippen LogP) is 4.28. The van der Waals surface area contributed by atoms with Crippen molar-refractivity contribution in [1.82, 2.24) is 0 Å². The summed E-state index contributed by atoms with van der Waals surface area (Å²) in [6, 6.07) is 18.5. The van der Waals surface area contributed by atoms with Gasteiger partial charge in [-0.2, -0.15) is 0 Å². The zero-order chi connectivity index (χ0) is 18.7. The molecule has 4 nitrogen and oxygen atoms in total. The maximum Gasteiger partial charge on any atom is 0.221 e. The van der Waals surface area contributed by atoms with E-state index in [1.165, 1.54) is 31.2 Å². The monoisotopic (exact) mass is 369 g/mol. The number of halogens is 1. The van der Waals surface area contributed by atoms with Crippen molar-refractivity contribution >= 4 is 21.4 Å². The summed E-state index contributed by atoms with van der Waals surface area (Å²) >= 11 is 0. The van der Waals surface area contributed by atoms with Gasteiger partial charge in [0.25, 0.3) is 0 Å².